The van der Waals surface area contributed by atoms with Gasteiger partial charge in [-0.05, 0) is 19.1 Å². The highest BCUT2D eigenvalue weighted by Crippen LogP contribution is 2.19. The lowest BCUT2D eigenvalue weighted by Gasteiger charge is -2.05. The van der Waals surface area contributed by atoms with E-state index in [0.29, 0.717) is 5.02 Å². The summed E-state index contributed by atoms with van der Waals surface area (Å²) < 4.78 is 12.9. The normalized spacial score (nSPS) is 13.1. The van der Waals surface area contributed by atoms with Crippen LogP contribution in [0.15, 0.2) is 18.2 Å². The van der Waals surface area contributed by atoms with Crippen LogP contribution in [0.4, 0.5) is 4.39 Å². The summed E-state index contributed by atoms with van der Waals surface area (Å²) in [5.74, 6) is -0.465. The van der Waals surface area contributed by atoms with E-state index in [4.69, 9.17) is 16.7 Å². The van der Waals surface area contributed by atoms with Crippen molar-refractivity contribution >= 4 is 11.6 Å². The van der Waals surface area contributed by atoms with Crippen LogP contribution >= 0.6 is 11.6 Å². The SMILES string of the molecule is C[C@H](O)c1ccc(Cl)cc1F. The van der Waals surface area contributed by atoms with E-state index in [1.165, 1.54) is 19.1 Å². The first-order chi connectivity index (χ1) is 5.11. The van der Waals surface area contributed by atoms with E-state index < -0.39 is 11.9 Å². The lowest BCUT2D eigenvalue weighted by Crippen LogP contribution is -1.94. The fraction of sp³-hybridized carbons (Fsp3) is 0.250. The highest BCUT2D eigenvalue weighted by molar-refractivity contribution is 6.30. The molecule has 1 nitrogen and oxygen atoms in total. The molecule has 1 aromatic carbocycles. The maximum Gasteiger partial charge on any atom is 0.130 e. The molecule has 0 aliphatic rings. The molecule has 0 amide bonds. The van der Waals surface area contributed by atoms with Crippen molar-refractivity contribution in [2.24, 2.45) is 0 Å². The number of rotatable bonds is 1. The second-order valence-electron chi connectivity index (χ2n) is 2.34. The Morgan fingerprint density at radius 2 is 2.18 bits per heavy atom. The van der Waals surface area contributed by atoms with Crippen molar-refractivity contribution in [1.82, 2.24) is 0 Å². The zero-order valence-electron chi connectivity index (χ0n) is 6.01. The molecule has 11 heavy (non-hydrogen) atoms. The Morgan fingerprint density at radius 3 is 2.64 bits per heavy atom. The molecule has 1 aromatic rings. The number of halogens is 2. The molecular weight excluding hydrogens is 167 g/mol. The Morgan fingerprint density at radius 1 is 1.55 bits per heavy atom. The van der Waals surface area contributed by atoms with Gasteiger partial charge in [0.05, 0.1) is 6.10 Å². The maximum absolute atomic E-state index is 12.9. The van der Waals surface area contributed by atoms with Gasteiger partial charge in [0.1, 0.15) is 5.82 Å². The molecule has 0 unspecified atom stereocenters. The van der Waals surface area contributed by atoms with Crippen LogP contribution in [0, 0.1) is 5.82 Å². The highest BCUT2D eigenvalue weighted by Gasteiger charge is 2.06. The van der Waals surface area contributed by atoms with Gasteiger partial charge in [-0.25, -0.2) is 4.39 Å². The summed E-state index contributed by atoms with van der Waals surface area (Å²) in [6.07, 6.45) is -0.785. The average Bonchev–Trinajstić information content (AvgIpc) is 1.85. The van der Waals surface area contributed by atoms with Crippen molar-refractivity contribution in [3.05, 3.63) is 34.6 Å². The van der Waals surface area contributed by atoms with Crippen molar-refractivity contribution < 1.29 is 9.50 Å². The van der Waals surface area contributed by atoms with Crippen LogP contribution in [0.3, 0.4) is 0 Å². The molecule has 0 saturated heterocycles. The fourth-order valence-electron chi connectivity index (χ4n) is 0.840. The lowest BCUT2D eigenvalue weighted by molar-refractivity contribution is 0.194. The van der Waals surface area contributed by atoms with Crippen LogP contribution in [0.5, 0.6) is 0 Å². The fourth-order valence-corrected chi connectivity index (χ4v) is 0.999. The zero-order valence-corrected chi connectivity index (χ0v) is 6.77. The van der Waals surface area contributed by atoms with Crippen LogP contribution in [-0.4, -0.2) is 5.11 Å². The van der Waals surface area contributed by atoms with Gasteiger partial charge in [-0.2, -0.15) is 0 Å². The highest BCUT2D eigenvalue weighted by atomic mass is 35.5. The first kappa shape index (κ1) is 8.50. The first-order valence-electron chi connectivity index (χ1n) is 3.24. The molecule has 0 bridgehead atoms. The monoisotopic (exact) mass is 174 g/mol. The van der Waals surface area contributed by atoms with Crippen molar-refractivity contribution in [3.63, 3.8) is 0 Å². The van der Waals surface area contributed by atoms with Crippen LogP contribution in [0.1, 0.15) is 18.6 Å². The Bertz CT molecular complexity index is 260. The molecule has 1 N–H and O–H groups in total. The van der Waals surface area contributed by atoms with Crippen molar-refractivity contribution in [2.45, 2.75) is 13.0 Å². The molecule has 0 saturated carbocycles. The molecule has 60 valence electrons. The van der Waals surface area contributed by atoms with Gasteiger partial charge in [0.25, 0.3) is 0 Å². The minimum atomic E-state index is -0.785. The molecule has 0 aromatic heterocycles. The maximum atomic E-state index is 12.9. The number of hydrogen-bond donors (Lipinski definition) is 1. The Labute approximate surface area is 69.4 Å². The topological polar surface area (TPSA) is 20.2 Å². The summed E-state index contributed by atoms with van der Waals surface area (Å²) in [6.45, 7) is 1.51. The molecule has 0 spiro atoms. The Hall–Kier alpha value is -0.600. The van der Waals surface area contributed by atoms with E-state index in [-0.39, 0.29) is 5.56 Å². The molecule has 0 heterocycles. The third-order valence-corrected chi connectivity index (χ3v) is 1.65. The molecule has 1 rings (SSSR count). The largest absolute Gasteiger partial charge is 0.389 e. The minimum absolute atomic E-state index is 0.273. The van der Waals surface area contributed by atoms with Gasteiger partial charge >= 0.3 is 0 Å². The molecular formula is C8H8ClFO. The van der Waals surface area contributed by atoms with Crippen molar-refractivity contribution in [2.75, 3.05) is 0 Å². The second-order valence-corrected chi connectivity index (χ2v) is 2.78. The number of aliphatic hydroxyl groups excluding tert-OH is 1. The standard InChI is InChI=1S/C8H8ClFO/c1-5(11)7-3-2-6(9)4-8(7)10/h2-5,11H,1H3/t5-/m0/s1. The van der Waals surface area contributed by atoms with Crippen LogP contribution < -0.4 is 0 Å². The molecule has 0 aliphatic heterocycles. The van der Waals surface area contributed by atoms with Crippen LogP contribution in [0.25, 0.3) is 0 Å². The molecule has 0 aliphatic carbocycles. The van der Waals surface area contributed by atoms with Crippen LogP contribution in [-0.2, 0) is 0 Å². The summed E-state index contributed by atoms with van der Waals surface area (Å²) in [7, 11) is 0. The Kier molecular flexibility index (Phi) is 2.47. The first-order valence-corrected chi connectivity index (χ1v) is 3.62. The number of aliphatic hydroxyl groups is 1. The van der Waals surface area contributed by atoms with Crippen LogP contribution in [0.2, 0.25) is 5.02 Å². The average molecular weight is 175 g/mol. The van der Waals surface area contributed by atoms with Crippen molar-refractivity contribution in [3.8, 4) is 0 Å². The summed E-state index contributed by atoms with van der Waals surface area (Å²) in [5.41, 5.74) is 0.273. The van der Waals surface area contributed by atoms with E-state index in [2.05, 4.69) is 0 Å². The van der Waals surface area contributed by atoms with Gasteiger partial charge in [0.2, 0.25) is 0 Å². The van der Waals surface area contributed by atoms with E-state index in [0.717, 1.165) is 0 Å². The smallest absolute Gasteiger partial charge is 0.130 e. The molecule has 3 heteroatoms. The molecule has 0 radical (unpaired) electrons. The van der Waals surface area contributed by atoms with E-state index in [9.17, 15) is 4.39 Å². The third kappa shape index (κ3) is 1.91. The molecule has 1 atom stereocenters. The predicted molar refractivity (Wildman–Crippen MR) is 42.0 cm³/mol. The summed E-state index contributed by atoms with van der Waals surface area (Å²) in [6, 6.07) is 4.21. The van der Waals surface area contributed by atoms with E-state index in [1.807, 2.05) is 0 Å². The summed E-state index contributed by atoms with van der Waals surface area (Å²) in [5, 5.41) is 9.35. The van der Waals surface area contributed by atoms with Gasteiger partial charge in [-0.1, -0.05) is 17.7 Å². The lowest BCUT2D eigenvalue weighted by atomic mass is 10.1. The van der Waals surface area contributed by atoms with Gasteiger partial charge in [-0.3, -0.25) is 0 Å². The zero-order chi connectivity index (χ0) is 8.43. The quantitative estimate of drug-likeness (QED) is 0.694. The van der Waals surface area contributed by atoms with Gasteiger partial charge in [0, 0.05) is 10.6 Å². The van der Waals surface area contributed by atoms with E-state index in [1.54, 1.807) is 6.07 Å². The van der Waals surface area contributed by atoms with Gasteiger partial charge in [-0.15, -0.1) is 0 Å². The number of hydrogen-bond acceptors (Lipinski definition) is 1. The second kappa shape index (κ2) is 3.20. The van der Waals surface area contributed by atoms with Gasteiger partial charge < -0.3 is 5.11 Å². The third-order valence-electron chi connectivity index (χ3n) is 1.41. The molecule has 0 fully saturated rings. The predicted octanol–water partition coefficient (Wildman–Crippen LogP) is 2.53. The van der Waals surface area contributed by atoms with Crippen molar-refractivity contribution in [1.29, 1.82) is 0 Å². The summed E-state index contributed by atoms with van der Waals surface area (Å²) >= 11 is 5.50. The minimum Gasteiger partial charge on any atom is -0.389 e. The number of benzene rings is 1. The summed E-state index contributed by atoms with van der Waals surface area (Å²) in [4.78, 5) is 0. The van der Waals surface area contributed by atoms with Gasteiger partial charge in [0.15, 0.2) is 0 Å². The van der Waals surface area contributed by atoms with E-state index >= 15 is 0 Å². The Balaban J connectivity index is 3.09.